The Bertz CT molecular complexity index is 703. The molecule has 2 bridgehead atoms. The lowest BCUT2D eigenvalue weighted by molar-refractivity contribution is 0.418. The molecule has 0 radical (unpaired) electrons. The predicted octanol–water partition coefficient (Wildman–Crippen LogP) is 4.44. The monoisotopic (exact) mass is 277 g/mol. The van der Waals surface area contributed by atoms with Crippen molar-refractivity contribution in [1.82, 2.24) is 0 Å². The number of benzene rings is 2. The molecule has 5 unspecified atom stereocenters. The largest absolute Gasteiger partial charge is 0.324 e. The van der Waals surface area contributed by atoms with Crippen molar-refractivity contribution in [3.8, 4) is 0 Å². The van der Waals surface area contributed by atoms with Crippen LogP contribution in [0.5, 0.6) is 0 Å². The molecular formula is C20H23N. The molecule has 0 spiro atoms. The zero-order valence-corrected chi connectivity index (χ0v) is 12.6. The molecule has 0 saturated heterocycles. The SMILES string of the molecule is Cc1ccc2ccccc2c1C(N)C1C2C3CCC(C3)C21. The van der Waals surface area contributed by atoms with Crippen molar-refractivity contribution in [2.75, 3.05) is 0 Å². The molecule has 2 aromatic rings. The van der Waals surface area contributed by atoms with E-state index < -0.39 is 0 Å². The van der Waals surface area contributed by atoms with Crippen molar-refractivity contribution in [3.05, 3.63) is 47.5 Å². The third-order valence-electron chi connectivity index (χ3n) is 6.73. The minimum Gasteiger partial charge on any atom is -0.324 e. The summed E-state index contributed by atoms with van der Waals surface area (Å²) in [7, 11) is 0. The lowest BCUT2D eigenvalue weighted by Crippen LogP contribution is -2.19. The maximum Gasteiger partial charge on any atom is 0.0338 e. The Morgan fingerprint density at radius 2 is 1.71 bits per heavy atom. The Balaban J connectivity index is 1.57. The molecule has 0 amide bonds. The summed E-state index contributed by atoms with van der Waals surface area (Å²) in [5.41, 5.74) is 9.61. The second-order valence-corrected chi connectivity index (χ2v) is 7.61. The minimum absolute atomic E-state index is 0.245. The summed E-state index contributed by atoms with van der Waals surface area (Å²) in [4.78, 5) is 0. The van der Waals surface area contributed by atoms with Crippen LogP contribution in [0.2, 0.25) is 0 Å². The lowest BCUT2D eigenvalue weighted by Gasteiger charge is -2.20. The average molecular weight is 277 g/mol. The smallest absolute Gasteiger partial charge is 0.0338 e. The van der Waals surface area contributed by atoms with E-state index in [0.717, 1.165) is 29.6 Å². The van der Waals surface area contributed by atoms with Crippen LogP contribution in [-0.4, -0.2) is 0 Å². The topological polar surface area (TPSA) is 26.0 Å². The minimum atomic E-state index is 0.245. The summed E-state index contributed by atoms with van der Waals surface area (Å²) in [6.45, 7) is 2.23. The first kappa shape index (κ1) is 12.2. The van der Waals surface area contributed by atoms with Crippen molar-refractivity contribution in [2.24, 2.45) is 35.3 Å². The van der Waals surface area contributed by atoms with Crippen molar-refractivity contribution < 1.29 is 0 Å². The fraction of sp³-hybridized carbons (Fsp3) is 0.500. The normalized spacial score (nSPS) is 37.7. The molecule has 5 rings (SSSR count). The highest BCUT2D eigenvalue weighted by molar-refractivity contribution is 5.87. The van der Waals surface area contributed by atoms with E-state index in [2.05, 4.69) is 43.3 Å². The molecule has 0 aliphatic heterocycles. The number of fused-ring (bicyclic) bond motifs is 6. The molecule has 5 atom stereocenters. The molecule has 1 nitrogen and oxygen atoms in total. The molecule has 3 fully saturated rings. The molecular weight excluding hydrogens is 254 g/mol. The van der Waals surface area contributed by atoms with Gasteiger partial charge in [-0.05, 0) is 77.7 Å². The third-order valence-corrected chi connectivity index (χ3v) is 6.73. The van der Waals surface area contributed by atoms with E-state index in [-0.39, 0.29) is 6.04 Å². The van der Waals surface area contributed by atoms with Gasteiger partial charge in [-0.25, -0.2) is 0 Å². The van der Waals surface area contributed by atoms with E-state index in [4.69, 9.17) is 5.73 Å². The first-order valence-electron chi connectivity index (χ1n) is 8.49. The standard InChI is InChI=1S/C20H23N/c1-11-6-7-12-4-2-3-5-15(12)16(11)20(21)19-17-13-8-9-14(10-13)18(17)19/h2-7,13-14,17-20H,8-10,21H2,1H3. The summed E-state index contributed by atoms with van der Waals surface area (Å²) in [6, 6.07) is 13.5. The number of aryl methyl sites for hydroxylation is 1. The fourth-order valence-electron chi connectivity index (χ4n) is 5.91. The van der Waals surface area contributed by atoms with Gasteiger partial charge in [0.25, 0.3) is 0 Å². The maximum atomic E-state index is 6.81. The second-order valence-electron chi connectivity index (χ2n) is 7.61. The van der Waals surface area contributed by atoms with Gasteiger partial charge in [-0.3, -0.25) is 0 Å². The van der Waals surface area contributed by atoms with Gasteiger partial charge in [-0.15, -0.1) is 0 Å². The molecule has 1 heteroatoms. The molecule has 3 saturated carbocycles. The molecule has 21 heavy (non-hydrogen) atoms. The van der Waals surface area contributed by atoms with Crippen LogP contribution in [0.4, 0.5) is 0 Å². The van der Waals surface area contributed by atoms with Gasteiger partial charge >= 0.3 is 0 Å². The van der Waals surface area contributed by atoms with Crippen LogP contribution in [0.15, 0.2) is 36.4 Å². The van der Waals surface area contributed by atoms with Crippen molar-refractivity contribution in [3.63, 3.8) is 0 Å². The van der Waals surface area contributed by atoms with E-state index in [9.17, 15) is 0 Å². The predicted molar refractivity (Wildman–Crippen MR) is 86.9 cm³/mol. The molecule has 0 heterocycles. The van der Waals surface area contributed by atoms with Crippen LogP contribution >= 0.6 is 0 Å². The molecule has 2 N–H and O–H groups in total. The van der Waals surface area contributed by atoms with E-state index in [1.165, 1.54) is 41.2 Å². The zero-order valence-electron chi connectivity index (χ0n) is 12.6. The van der Waals surface area contributed by atoms with Crippen LogP contribution in [-0.2, 0) is 0 Å². The maximum absolute atomic E-state index is 6.81. The Hall–Kier alpha value is -1.34. The summed E-state index contributed by atoms with van der Waals surface area (Å²) in [5.74, 6) is 4.69. The van der Waals surface area contributed by atoms with Crippen molar-refractivity contribution in [1.29, 1.82) is 0 Å². The van der Waals surface area contributed by atoms with E-state index in [1.54, 1.807) is 0 Å². The quantitative estimate of drug-likeness (QED) is 0.863. The van der Waals surface area contributed by atoms with Crippen LogP contribution < -0.4 is 5.73 Å². The van der Waals surface area contributed by atoms with Gasteiger partial charge in [0.15, 0.2) is 0 Å². The van der Waals surface area contributed by atoms with E-state index >= 15 is 0 Å². The number of hydrogen-bond donors (Lipinski definition) is 1. The molecule has 0 aromatic heterocycles. The number of rotatable bonds is 2. The van der Waals surface area contributed by atoms with Gasteiger partial charge in [0.1, 0.15) is 0 Å². The first-order valence-corrected chi connectivity index (χ1v) is 8.49. The van der Waals surface area contributed by atoms with Crippen LogP contribution in [0.25, 0.3) is 10.8 Å². The Morgan fingerprint density at radius 1 is 1.00 bits per heavy atom. The summed E-state index contributed by atoms with van der Waals surface area (Å²) in [5, 5.41) is 2.71. The van der Waals surface area contributed by atoms with E-state index in [1.807, 2.05) is 0 Å². The van der Waals surface area contributed by atoms with Gasteiger partial charge in [0.05, 0.1) is 0 Å². The fourth-order valence-corrected chi connectivity index (χ4v) is 5.91. The van der Waals surface area contributed by atoms with Gasteiger partial charge in [0.2, 0.25) is 0 Å². The van der Waals surface area contributed by atoms with Crippen LogP contribution in [0, 0.1) is 36.5 Å². The zero-order chi connectivity index (χ0) is 14.1. The molecule has 108 valence electrons. The molecule has 2 aromatic carbocycles. The van der Waals surface area contributed by atoms with E-state index in [0.29, 0.717) is 0 Å². The first-order chi connectivity index (χ1) is 10.3. The van der Waals surface area contributed by atoms with Crippen molar-refractivity contribution >= 4 is 10.8 Å². The van der Waals surface area contributed by atoms with Crippen LogP contribution in [0.3, 0.4) is 0 Å². The second kappa shape index (κ2) is 4.10. The Labute approximate surface area is 126 Å². The molecule has 3 aliphatic carbocycles. The Kier molecular flexibility index (Phi) is 2.39. The number of nitrogens with two attached hydrogens (primary N) is 1. The highest BCUT2D eigenvalue weighted by atomic mass is 14.8. The van der Waals surface area contributed by atoms with Gasteiger partial charge < -0.3 is 5.73 Å². The van der Waals surface area contributed by atoms with Crippen molar-refractivity contribution in [2.45, 2.75) is 32.2 Å². The third kappa shape index (κ3) is 1.56. The Morgan fingerprint density at radius 3 is 2.48 bits per heavy atom. The highest BCUT2D eigenvalue weighted by Crippen LogP contribution is 2.72. The highest BCUT2D eigenvalue weighted by Gasteiger charge is 2.66. The number of hydrogen-bond acceptors (Lipinski definition) is 1. The summed E-state index contributed by atoms with van der Waals surface area (Å²) < 4.78 is 0. The average Bonchev–Trinajstić information content (AvgIpc) is 2.94. The van der Waals surface area contributed by atoms with Gasteiger partial charge in [-0.1, -0.05) is 36.4 Å². The molecule has 3 aliphatic rings. The van der Waals surface area contributed by atoms with Gasteiger partial charge in [0, 0.05) is 6.04 Å². The lowest BCUT2D eigenvalue weighted by atomic mass is 9.88. The van der Waals surface area contributed by atoms with Crippen LogP contribution in [0.1, 0.15) is 36.4 Å². The summed E-state index contributed by atoms with van der Waals surface area (Å²) in [6.07, 6.45) is 4.46. The van der Waals surface area contributed by atoms with Gasteiger partial charge in [-0.2, -0.15) is 0 Å². The summed E-state index contributed by atoms with van der Waals surface area (Å²) >= 11 is 0.